The molecule has 3 aromatic rings. The van der Waals surface area contributed by atoms with Gasteiger partial charge in [0.05, 0.1) is 26.9 Å². The van der Waals surface area contributed by atoms with Gasteiger partial charge in [0, 0.05) is 23.9 Å². The number of imide groups is 1. The van der Waals surface area contributed by atoms with Crippen LogP contribution in [-0.4, -0.2) is 43.4 Å². The lowest BCUT2D eigenvalue weighted by atomic mass is 9.94. The summed E-state index contributed by atoms with van der Waals surface area (Å²) in [6, 6.07) is 7.71. The maximum absolute atomic E-state index is 13.1. The van der Waals surface area contributed by atoms with Crippen molar-refractivity contribution in [2.45, 2.75) is 45.1 Å². The second kappa shape index (κ2) is 8.85. The van der Waals surface area contributed by atoms with Crippen LogP contribution in [0.5, 0.6) is 0 Å². The molecule has 174 valence electrons. The molecule has 0 saturated heterocycles. The average Bonchev–Trinajstić information content (AvgIpc) is 3.30. The number of carbonyl (C=O) groups is 3. The SMILES string of the molecule is Cc1cc(NC(=O)c2ccc3c(c2)C(=O)N(C2CCCCC2)C3=O)n(-c2ncc(Cl)cc2Cl)n1. The van der Waals surface area contributed by atoms with Gasteiger partial charge in [0.15, 0.2) is 5.82 Å². The first-order chi connectivity index (χ1) is 16.3. The van der Waals surface area contributed by atoms with Crippen LogP contribution in [0.1, 0.15) is 68.9 Å². The predicted molar refractivity (Wildman–Crippen MR) is 128 cm³/mol. The largest absolute Gasteiger partial charge is 0.306 e. The molecular formula is C24H21Cl2N5O3. The Morgan fingerprint density at radius 1 is 1.03 bits per heavy atom. The Kier molecular flexibility index (Phi) is 5.87. The number of amides is 3. The standard InChI is InChI=1S/C24H21Cl2N5O3/c1-13-9-20(31(29-13)21-19(26)11-15(25)12-27-21)28-22(32)14-7-8-17-18(10-14)24(34)30(23(17)33)16-5-3-2-4-6-16/h7-12,16H,2-6H2,1H3,(H,28,32). The van der Waals surface area contributed by atoms with Gasteiger partial charge in [0.2, 0.25) is 0 Å². The minimum absolute atomic E-state index is 0.0765. The molecule has 1 aromatic carbocycles. The minimum Gasteiger partial charge on any atom is -0.306 e. The van der Waals surface area contributed by atoms with Crippen LogP contribution < -0.4 is 5.32 Å². The molecule has 5 rings (SSSR count). The normalized spacial score (nSPS) is 16.1. The summed E-state index contributed by atoms with van der Waals surface area (Å²) in [6.45, 7) is 1.77. The number of carbonyl (C=O) groups excluding carboxylic acids is 3. The first kappa shape index (κ1) is 22.6. The Morgan fingerprint density at radius 2 is 1.76 bits per heavy atom. The maximum atomic E-state index is 13.1. The molecule has 34 heavy (non-hydrogen) atoms. The molecule has 0 atom stereocenters. The number of hydrogen-bond acceptors (Lipinski definition) is 5. The molecule has 2 aromatic heterocycles. The van der Waals surface area contributed by atoms with Gasteiger partial charge in [-0.2, -0.15) is 9.78 Å². The highest BCUT2D eigenvalue weighted by atomic mass is 35.5. The molecule has 1 fully saturated rings. The Morgan fingerprint density at radius 3 is 2.50 bits per heavy atom. The Labute approximate surface area is 205 Å². The lowest BCUT2D eigenvalue weighted by molar-refractivity contribution is 0.0549. The molecular weight excluding hydrogens is 477 g/mol. The van der Waals surface area contributed by atoms with Gasteiger partial charge in [-0.25, -0.2) is 4.98 Å². The maximum Gasteiger partial charge on any atom is 0.261 e. The molecule has 3 heterocycles. The van der Waals surface area contributed by atoms with Gasteiger partial charge in [-0.15, -0.1) is 0 Å². The third kappa shape index (κ3) is 3.97. The Balaban J connectivity index is 1.41. The van der Waals surface area contributed by atoms with E-state index in [-0.39, 0.29) is 34.0 Å². The van der Waals surface area contributed by atoms with Gasteiger partial charge in [-0.3, -0.25) is 19.3 Å². The van der Waals surface area contributed by atoms with E-state index < -0.39 is 5.91 Å². The summed E-state index contributed by atoms with van der Waals surface area (Å²) in [4.78, 5) is 44.6. The van der Waals surface area contributed by atoms with Gasteiger partial charge >= 0.3 is 0 Å². The lowest BCUT2D eigenvalue weighted by Crippen LogP contribution is -2.40. The van der Waals surface area contributed by atoms with Crippen molar-refractivity contribution >= 4 is 46.7 Å². The number of nitrogens with one attached hydrogen (secondary N) is 1. The number of nitrogens with zero attached hydrogens (tertiary/aromatic N) is 4. The van der Waals surface area contributed by atoms with Crippen molar-refractivity contribution in [3.8, 4) is 5.82 Å². The quantitative estimate of drug-likeness (QED) is 0.507. The zero-order valence-corrected chi connectivity index (χ0v) is 19.9. The molecule has 0 bridgehead atoms. The van der Waals surface area contributed by atoms with Crippen LogP contribution in [0.4, 0.5) is 5.82 Å². The third-order valence-corrected chi connectivity index (χ3v) is 6.67. The summed E-state index contributed by atoms with van der Waals surface area (Å²) in [5.41, 5.74) is 1.49. The van der Waals surface area contributed by atoms with E-state index in [4.69, 9.17) is 23.2 Å². The first-order valence-electron chi connectivity index (χ1n) is 11.0. The summed E-state index contributed by atoms with van der Waals surface area (Å²) in [7, 11) is 0. The number of aryl methyl sites for hydroxylation is 1. The van der Waals surface area contributed by atoms with Gasteiger partial charge in [-0.05, 0) is 44.0 Å². The smallest absolute Gasteiger partial charge is 0.261 e. The van der Waals surface area contributed by atoms with E-state index in [1.807, 2.05) is 0 Å². The summed E-state index contributed by atoms with van der Waals surface area (Å²) < 4.78 is 1.42. The molecule has 1 N–H and O–H groups in total. The number of benzene rings is 1. The fourth-order valence-electron chi connectivity index (χ4n) is 4.57. The number of rotatable bonds is 4. The molecule has 1 aliphatic heterocycles. The van der Waals surface area contributed by atoms with Crippen LogP contribution in [-0.2, 0) is 0 Å². The van der Waals surface area contributed by atoms with E-state index in [1.165, 1.54) is 27.9 Å². The molecule has 1 aliphatic carbocycles. The summed E-state index contributed by atoms with van der Waals surface area (Å²) in [5, 5.41) is 7.82. The molecule has 0 radical (unpaired) electrons. The van der Waals surface area contributed by atoms with Gasteiger partial charge in [0.25, 0.3) is 17.7 Å². The fourth-order valence-corrected chi connectivity index (χ4v) is 5.03. The number of fused-ring (bicyclic) bond motifs is 1. The first-order valence-corrected chi connectivity index (χ1v) is 11.8. The van der Waals surface area contributed by atoms with E-state index in [0.717, 1.165) is 32.1 Å². The van der Waals surface area contributed by atoms with E-state index in [9.17, 15) is 14.4 Å². The highest BCUT2D eigenvalue weighted by Crippen LogP contribution is 2.32. The predicted octanol–water partition coefficient (Wildman–Crippen LogP) is 5.06. The average molecular weight is 498 g/mol. The van der Waals surface area contributed by atoms with E-state index in [1.54, 1.807) is 25.1 Å². The summed E-state index contributed by atoms with van der Waals surface area (Å²) in [5.74, 6) is -0.403. The zero-order valence-electron chi connectivity index (χ0n) is 18.3. The summed E-state index contributed by atoms with van der Waals surface area (Å²) >= 11 is 12.2. The Hall–Kier alpha value is -3.23. The van der Waals surface area contributed by atoms with E-state index in [0.29, 0.717) is 27.9 Å². The molecule has 1 saturated carbocycles. The highest BCUT2D eigenvalue weighted by molar-refractivity contribution is 6.35. The number of hydrogen-bond donors (Lipinski definition) is 1. The van der Waals surface area contributed by atoms with Crippen molar-refractivity contribution in [1.29, 1.82) is 0 Å². The molecule has 8 nitrogen and oxygen atoms in total. The van der Waals surface area contributed by atoms with Crippen molar-refractivity contribution in [2.24, 2.45) is 0 Å². The molecule has 10 heteroatoms. The molecule has 2 aliphatic rings. The Bertz CT molecular complexity index is 1330. The van der Waals surface area contributed by atoms with Crippen molar-refractivity contribution in [3.05, 3.63) is 69.0 Å². The van der Waals surface area contributed by atoms with Gasteiger partial charge in [0.1, 0.15) is 5.82 Å². The van der Waals surface area contributed by atoms with Crippen molar-refractivity contribution in [1.82, 2.24) is 19.7 Å². The second-order valence-corrected chi connectivity index (χ2v) is 9.37. The van der Waals surface area contributed by atoms with Crippen LogP contribution in [0, 0.1) is 6.92 Å². The fraction of sp³-hybridized carbons (Fsp3) is 0.292. The molecule has 3 amide bonds. The molecule has 0 spiro atoms. The summed E-state index contributed by atoms with van der Waals surface area (Å²) in [6.07, 6.45) is 6.22. The third-order valence-electron chi connectivity index (χ3n) is 6.18. The van der Waals surface area contributed by atoms with Crippen LogP contribution in [0.3, 0.4) is 0 Å². The highest BCUT2D eigenvalue weighted by Gasteiger charge is 2.40. The van der Waals surface area contributed by atoms with Crippen LogP contribution in [0.25, 0.3) is 5.82 Å². The number of aromatic nitrogens is 3. The number of pyridine rings is 1. The van der Waals surface area contributed by atoms with Crippen molar-refractivity contribution in [2.75, 3.05) is 5.32 Å². The minimum atomic E-state index is -0.453. The molecule has 0 unspecified atom stereocenters. The van der Waals surface area contributed by atoms with Crippen LogP contribution >= 0.6 is 23.2 Å². The van der Waals surface area contributed by atoms with Crippen LogP contribution in [0.2, 0.25) is 10.0 Å². The zero-order chi connectivity index (χ0) is 24.0. The van der Waals surface area contributed by atoms with E-state index >= 15 is 0 Å². The van der Waals surface area contributed by atoms with Crippen LogP contribution in [0.15, 0.2) is 36.5 Å². The van der Waals surface area contributed by atoms with E-state index in [2.05, 4.69) is 15.4 Å². The van der Waals surface area contributed by atoms with Crippen molar-refractivity contribution < 1.29 is 14.4 Å². The number of anilines is 1. The monoisotopic (exact) mass is 497 g/mol. The topological polar surface area (TPSA) is 97.2 Å². The number of halogens is 2. The van der Waals surface area contributed by atoms with Gasteiger partial charge < -0.3 is 5.32 Å². The van der Waals surface area contributed by atoms with Gasteiger partial charge in [-0.1, -0.05) is 42.5 Å². The van der Waals surface area contributed by atoms with Crippen molar-refractivity contribution in [3.63, 3.8) is 0 Å². The lowest BCUT2D eigenvalue weighted by Gasteiger charge is -2.29. The second-order valence-electron chi connectivity index (χ2n) is 8.53.